The number of pyridine rings is 1. The molecule has 0 amide bonds. The van der Waals surface area contributed by atoms with Crippen LogP contribution in [0.3, 0.4) is 0 Å². The zero-order valence-corrected chi connectivity index (χ0v) is 28.9. The van der Waals surface area contributed by atoms with E-state index in [0.29, 0.717) is 38.4 Å². The Morgan fingerprint density at radius 1 is 1.08 bits per heavy atom. The maximum absolute atomic E-state index is 13.4. The molecule has 258 valence electrons. The minimum atomic E-state index is -0.600. The quantitative estimate of drug-likeness (QED) is 0.138. The summed E-state index contributed by atoms with van der Waals surface area (Å²) in [5, 5.41) is 5.79. The van der Waals surface area contributed by atoms with Gasteiger partial charge in [0, 0.05) is 38.0 Å². The second-order valence-electron chi connectivity index (χ2n) is 14.1. The lowest BCUT2D eigenvalue weighted by Gasteiger charge is -2.36. The van der Waals surface area contributed by atoms with Crippen LogP contribution in [0.1, 0.15) is 79.7 Å². The number of hydrogen-bond acceptors (Lipinski definition) is 9. The van der Waals surface area contributed by atoms with E-state index in [9.17, 15) is 4.79 Å². The van der Waals surface area contributed by atoms with Crippen molar-refractivity contribution in [2.45, 2.75) is 90.4 Å². The Balaban J connectivity index is 1.14. The van der Waals surface area contributed by atoms with E-state index in [1.807, 2.05) is 68.4 Å². The van der Waals surface area contributed by atoms with Crippen LogP contribution in [-0.2, 0) is 40.5 Å². The summed E-state index contributed by atoms with van der Waals surface area (Å²) in [5.74, 6) is 0.446. The summed E-state index contributed by atoms with van der Waals surface area (Å²) in [4.78, 5) is 25.6. The first-order chi connectivity index (χ1) is 23.7. The number of esters is 1. The fourth-order valence-electron chi connectivity index (χ4n) is 6.75. The molecule has 11 heteroatoms. The number of piperidine rings is 1. The number of likely N-dealkylation sites (tertiary alicyclic amines) is 1. The van der Waals surface area contributed by atoms with Gasteiger partial charge in [0.05, 0.1) is 66.0 Å². The number of carbonyl (C=O) groups excluding carboxylic acids is 1. The smallest absolute Gasteiger partial charge is 0.338 e. The van der Waals surface area contributed by atoms with Gasteiger partial charge in [0.2, 0.25) is 0 Å². The van der Waals surface area contributed by atoms with Crippen molar-refractivity contribution in [1.29, 1.82) is 0 Å². The SMILES string of the molecule is COCCn1cc2ccc(COc3cccnc3C3CCCCN3Cc3cc(C(=O)OC(C)(C)C)cc4c3ncn4CC3CCO3)cc2n1. The molecule has 2 unspecified atom stereocenters. The molecule has 5 heterocycles. The van der Waals surface area contributed by atoms with E-state index in [1.54, 1.807) is 7.11 Å². The fourth-order valence-corrected chi connectivity index (χ4v) is 6.75. The number of carbonyl (C=O) groups is 1. The number of rotatable bonds is 12. The first-order valence-corrected chi connectivity index (χ1v) is 17.3. The lowest BCUT2D eigenvalue weighted by Crippen LogP contribution is -2.34. The molecule has 0 radical (unpaired) electrons. The first-order valence-electron chi connectivity index (χ1n) is 17.3. The van der Waals surface area contributed by atoms with E-state index < -0.39 is 5.60 Å². The topological polar surface area (TPSA) is 106 Å². The number of hydrogen-bond donors (Lipinski definition) is 0. The molecule has 2 aromatic carbocycles. The number of aromatic nitrogens is 5. The van der Waals surface area contributed by atoms with Crippen LogP contribution < -0.4 is 4.74 Å². The van der Waals surface area contributed by atoms with Gasteiger partial charge >= 0.3 is 5.97 Å². The van der Waals surface area contributed by atoms with Crippen LogP contribution in [0.25, 0.3) is 21.9 Å². The number of methoxy groups -OCH3 is 1. The summed E-state index contributed by atoms with van der Waals surface area (Å²) >= 11 is 0. The molecule has 0 aliphatic carbocycles. The highest BCUT2D eigenvalue weighted by Gasteiger charge is 2.30. The predicted octanol–water partition coefficient (Wildman–Crippen LogP) is 6.48. The van der Waals surface area contributed by atoms with E-state index in [1.165, 1.54) is 0 Å². The van der Waals surface area contributed by atoms with Crippen molar-refractivity contribution in [3.8, 4) is 5.75 Å². The molecule has 0 spiro atoms. The maximum atomic E-state index is 13.4. The van der Waals surface area contributed by atoms with E-state index in [0.717, 1.165) is 83.3 Å². The lowest BCUT2D eigenvalue weighted by molar-refractivity contribution is -0.0586. The average Bonchev–Trinajstić information content (AvgIpc) is 3.67. The molecule has 11 nitrogen and oxygen atoms in total. The fraction of sp³-hybridized carbons (Fsp3) is 0.474. The first kappa shape index (κ1) is 33.2. The standard InChI is InChI=1S/C38H46N6O5/c1-38(2,3)49-37(45)28-19-29(35-33(20-28)43(25-40-35)23-30-12-16-47-30)21-42-14-6-5-8-32(42)36-34(9-7-13-39-36)48-24-26-10-11-27-22-44(15-17-46-4)41-31(27)18-26/h7,9-11,13,18-20,22,25,30,32H,5-6,8,12,14-17,21,23-24H2,1-4H3. The summed E-state index contributed by atoms with van der Waals surface area (Å²) in [7, 11) is 1.70. The Bertz CT molecular complexity index is 1920. The third kappa shape index (κ3) is 7.64. The molecule has 5 aromatic rings. The Morgan fingerprint density at radius 3 is 2.76 bits per heavy atom. The lowest BCUT2D eigenvalue weighted by atomic mass is 9.96. The zero-order chi connectivity index (χ0) is 34.0. The minimum absolute atomic E-state index is 0.0506. The second kappa shape index (κ2) is 14.3. The normalized spacial score (nSPS) is 18.5. The molecule has 2 fully saturated rings. The van der Waals surface area contributed by atoms with Crippen LogP contribution in [0.5, 0.6) is 5.75 Å². The van der Waals surface area contributed by atoms with Crippen molar-refractivity contribution in [3.05, 3.63) is 83.6 Å². The van der Waals surface area contributed by atoms with Crippen molar-refractivity contribution < 1.29 is 23.7 Å². The maximum Gasteiger partial charge on any atom is 0.338 e. The predicted molar refractivity (Wildman–Crippen MR) is 186 cm³/mol. The van der Waals surface area contributed by atoms with Crippen molar-refractivity contribution in [2.24, 2.45) is 0 Å². The summed E-state index contributed by atoms with van der Waals surface area (Å²) in [6.45, 7) is 10.4. The van der Waals surface area contributed by atoms with Crippen molar-refractivity contribution >= 4 is 27.9 Å². The van der Waals surface area contributed by atoms with Crippen LogP contribution >= 0.6 is 0 Å². The number of benzene rings is 2. The molecule has 2 aliphatic rings. The molecular formula is C38H46N6O5. The van der Waals surface area contributed by atoms with Crippen molar-refractivity contribution in [1.82, 2.24) is 29.2 Å². The zero-order valence-electron chi connectivity index (χ0n) is 28.9. The highest BCUT2D eigenvalue weighted by molar-refractivity contribution is 5.95. The number of nitrogens with zero attached hydrogens (tertiary/aromatic N) is 6. The highest BCUT2D eigenvalue weighted by Crippen LogP contribution is 2.37. The van der Waals surface area contributed by atoms with Crippen molar-refractivity contribution in [3.63, 3.8) is 0 Å². The molecule has 7 rings (SSSR count). The molecule has 0 bridgehead atoms. The van der Waals surface area contributed by atoms with E-state index >= 15 is 0 Å². The van der Waals surface area contributed by atoms with Crippen LogP contribution in [0, 0.1) is 0 Å². The molecule has 0 N–H and O–H groups in total. The summed E-state index contributed by atoms with van der Waals surface area (Å²) in [6.07, 6.45) is 10.1. The van der Waals surface area contributed by atoms with Gasteiger partial charge in [0.25, 0.3) is 0 Å². The van der Waals surface area contributed by atoms with Gasteiger partial charge in [0.15, 0.2) is 0 Å². The minimum Gasteiger partial charge on any atom is -0.487 e. The highest BCUT2D eigenvalue weighted by atomic mass is 16.6. The van der Waals surface area contributed by atoms with Crippen LogP contribution in [0.15, 0.2) is 61.2 Å². The monoisotopic (exact) mass is 666 g/mol. The van der Waals surface area contributed by atoms with Gasteiger partial charge in [-0.15, -0.1) is 0 Å². The summed E-state index contributed by atoms with van der Waals surface area (Å²) in [6, 6.07) is 14.1. The van der Waals surface area contributed by atoms with Crippen molar-refractivity contribution in [2.75, 3.05) is 26.9 Å². The average molecular weight is 667 g/mol. The molecule has 0 saturated carbocycles. The number of imidazole rings is 1. The molecule has 49 heavy (non-hydrogen) atoms. The molecule has 3 aromatic heterocycles. The Morgan fingerprint density at radius 2 is 1.96 bits per heavy atom. The second-order valence-corrected chi connectivity index (χ2v) is 14.1. The Kier molecular flexibility index (Phi) is 9.66. The molecule has 2 aliphatic heterocycles. The third-order valence-corrected chi connectivity index (χ3v) is 9.27. The summed E-state index contributed by atoms with van der Waals surface area (Å²) < 4.78 is 27.3. The van der Waals surface area contributed by atoms with E-state index in [2.05, 4.69) is 27.7 Å². The van der Waals surface area contributed by atoms with Gasteiger partial charge in [-0.2, -0.15) is 5.10 Å². The Hall–Kier alpha value is -4.32. The van der Waals surface area contributed by atoms with Gasteiger partial charge in [0.1, 0.15) is 18.0 Å². The number of ether oxygens (including phenoxy) is 4. The van der Waals surface area contributed by atoms with Gasteiger partial charge in [-0.05, 0) is 88.0 Å². The van der Waals surface area contributed by atoms with E-state index in [4.69, 9.17) is 34.0 Å². The van der Waals surface area contributed by atoms with Crippen LogP contribution in [-0.4, -0.2) is 73.8 Å². The van der Waals surface area contributed by atoms with Gasteiger partial charge in [-0.25, -0.2) is 9.78 Å². The van der Waals surface area contributed by atoms with Gasteiger partial charge < -0.3 is 23.5 Å². The Labute approximate surface area is 287 Å². The molecular weight excluding hydrogens is 620 g/mol. The largest absolute Gasteiger partial charge is 0.487 e. The van der Waals surface area contributed by atoms with E-state index in [-0.39, 0.29) is 18.1 Å². The van der Waals surface area contributed by atoms with Gasteiger partial charge in [-0.3, -0.25) is 14.6 Å². The molecule has 2 saturated heterocycles. The van der Waals surface area contributed by atoms with Gasteiger partial charge in [-0.1, -0.05) is 18.6 Å². The van der Waals surface area contributed by atoms with Crippen LogP contribution in [0.2, 0.25) is 0 Å². The molecule has 2 atom stereocenters. The summed E-state index contributed by atoms with van der Waals surface area (Å²) in [5.41, 5.74) is 5.66. The number of fused-ring (bicyclic) bond motifs is 2. The van der Waals surface area contributed by atoms with Crippen LogP contribution in [0.4, 0.5) is 0 Å². The third-order valence-electron chi connectivity index (χ3n) is 9.27.